The van der Waals surface area contributed by atoms with Gasteiger partial charge in [-0.25, -0.2) is 4.39 Å². The smallest absolute Gasteiger partial charge is 0.270 e. The zero-order valence-corrected chi connectivity index (χ0v) is 25.5. The molecule has 216 valence electrons. The van der Waals surface area contributed by atoms with Crippen LogP contribution in [0.4, 0.5) is 15.9 Å². The van der Waals surface area contributed by atoms with Crippen LogP contribution in [0, 0.1) is 31.0 Å². The molecule has 7 nitrogen and oxygen atoms in total. The van der Waals surface area contributed by atoms with Crippen LogP contribution in [0.15, 0.2) is 58.2 Å². The maximum atomic E-state index is 13.6. The summed E-state index contributed by atoms with van der Waals surface area (Å²) in [6, 6.07) is 16.6. The Labute approximate surface area is 254 Å². The van der Waals surface area contributed by atoms with Crippen LogP contribution in [0.1, 0.15) is 41.2 Å². The molecule has 2 aliphatic rings. The number of carbonyl (C=O) groups excluding carboxylic acids is 1. The summed E-state index contributed by atoms with van der Waals surface area (Å²) >= 11 is 6.85. The van der Waals surface area contributed by atoms with E-state index in [0.29, 0.717) is 71.9 Å². The van der Waals surface area contributed by atoms with E-state index in [0.717, 1.165) is 16.8 Å². The molecular formula is C32H32FN5O2S2. The lowest BCUT2D eigenvalue weighted by atomic mass is 10.0. The molecule has 5 rings (SSSR count). The second-order valence-electron chi connectivity index (χ2n) is 10.5. The van der Waals surface area contributed by atoms with Gasteiger partial charge in [-0.1, -0.05) is 60.7 Å². The molecule has 10 heteroatoms. The lowest BCUT2D eigenvalue weighted by Crippen LogP contribution is -2.48. The second kappa shape index (κ2) is 12.5. The first-order valence-electron chi connectivity index (χ1n) is 14.0. The average molecular weight is 602 g/mol. The molecular weight excluding hydrogens is 570 g/mol. The number of piperazine rings is 1. The topological polar surface area (TPSA) is 72.6 Å². The van der Waals surface area contributed by atoms with Gasteiger partial charge in [-0.3, -0.25) is 19.1 Å². The van der Waals surface area contributed by atoms with Crippen molar-refractivity contribution in [2.45, 2.75) is 40.3 Å². The van der Waals surface area contributed by atoms with E-state index >= 15 is 0 Å². The number of rotatable bonds is 7. The predicted molar refractivity (Wildman–Crippen MR) is 171 cm³/mol. The predicted octanol–water partition coefficient (Wildman–Crippen LogP) is 5.61. The number of nitrogens with zero attached hydrogens (tertiary/aromatic N) is 5. The number of hydrogen-bond donors (Lipinski definition) is 0. The first-order chi connectivity index (χ1) is 20.2. The fourth-order valence-corrected chi connectivity index (χ4v) is 6.62. The van der Waals surface area contributed by atoms with Crippen LogP contribution in [0.25, 0.3) is 6.08 Å². The van der Waals surface area contributed by atoms with Gasteiger partial charge in [0.2, 0.25) is 0 Å². The highest BCUT2D eigenvalue weighted by molar-refractivity contribution is 8.26. The van der Waals surface area contributed by atoms with E-state index < -0.39 is 0 Å². The van der Waals surface area contributed by atoms with Gasteiger partial charge in [0.25, 0.3) is 11.5 Å². The van der Waals surface area contributed by atoms with Gasteiger partial charge in [0.15, 0.2) is 0 Å². The maximum Gasteiger partial charge on any atom is 0.270 e. The molecule has 0 N–H and O–H groups in total. The molecule has 2 fully saturated rings. The van der Waals surface area contributed by atoms with Crippen LogP contribution in [0.3, 0.4) is 0 Å². The maximum absolute atomic E-state index is 13.6. The molecule has 0 aliphatic carbocycles. The lowest BCUT2D eigenvalue weighted by Gasteiger charge is -2.39. The summed E-state index contributed by atoms with van der Waals surface area (Å²) in [5.74, 6) is 0.243. The zero-order chi connectivity index (χ0) is 30.0. The SMILES string of the molecule is CCCn1c(N2CCN(c3ccc(F)cc3)CC2)c(/C=C2/SC(=S)N(Cc3ccc(C)cc3)C2=O)c(C)c(C#N)c1=O. The number of thioether (sulfide) groups is 1. The van der Waals surface area contributed by atoms with Gasteiger partial charge < -0.3 is 9.80 Å². The van der Waals surface area contributed by atoms with Gasteiger partial charge in [0, 0.05) is 44.0 Å². The quantitative estimate of drug-likeness (QED) is 0.257. The minimum atomic E-state index is -0.322. The average Bonchev–Trinajstić information content (AvgIpc) is 3.25. The Kier molecular flexibility index (Phi) is 8.80. The number of benzene rings is 2. The van der Waals surface area contributed by atoms with Gasteiger partial charge in [-0.15, -0.1) is 0 Å². The lowest BCUT2D eigenvalue weighted by molar-refractivity contribution is -0.122. The summed E-state index contributed by atoms with van der Waals surface area (Å²) < 4.78 is 15.6. The minimum Gasteiger partial charge on any atom is -0.368 e. The molecule has 2 aliphatic heterocycles. The zero-order valence-electron chi connectivity index (χ0n) is 23.9. The fraction of sp³-hybridized carbons (Fsp3) is 0.312. The molecule has 0 radical (unpaired) electrons. The van der Waals surface area contributed by atoms with Crippen molar-refractivity contribution in [3.8, 4) is 6.07 Å². The molecule has 0 atom stereocenters. The van der Waals surface area contributed by atoms with E-state index in [9.17, 15) is 19.2 Å². The van der Waals surface area contributed by atoms with Crippen LogP contribution in [-0.2, 0) is 17.9 Å². The Morgan fingerprint density at radius 1 is 1.00 bits per heavy atom. The van der Waals surface area contributed by atoms with Gasteiger partial charge in [-0.2, -0.15) is 5.26 Å². The normalized spacial score (nSPS) is 16.5. The van der Waals surface area contributed by atoms with E-state index in [2.05, 4.69) is 15.9 Å². The number of aryl methyl sites for hydroxylation is 1. The van der Waals surface area contributed by atoms with Crippen LogP contribution in [-0.4, -0.2) is 45.9 Å². The van der Waals surface area contributed by atoms with Crippen LogP contribution < -0.4 is 15.4 Å². The summed E-state index contributed by atoms with van der Waals surface area (Å²) in [4.78, 5) is 33.5. The van der Waals surface area contributed by atoms with Gasteiger partial charge in [0.05, 0.1) is 11.4 Å². The highest BCUT2D eigenvalue weighted by atomic mass is 32.2. The number of pyridine rings is 1. The molecule has 0 unspecified atom stereocenters. The van der Waals surface area contributed by atoms with E-state index in [1.165, 1.54) is 23.9 Å². The number of nitriles is 1. The molecule has 3 aromatic rings. The largest absolute Gasteiger partial charge is 0.368 e. The molecule has 3 heterocycles. The van der Waals surface area contributed by atoms with Crippen molar-refractivity contribution in [1.29, 1.82) is 5.26 Å². The van der Waals surface area contributed by atoms with Gasteiger partial charge >= 0.3 is 0 Å². The van der Waals surface area contributed by atoms with Crippen LogP contribution >= 0.6 is 24.0 Å². The third-order valence-electron chi connectivity index (χ3n) is 7.67. The number of carbonyl (C=O) groups is 1. The molecule has 0 saturated carbocycles. The highest BCUT2D eigenvalue weighted by Crippen LogP contribution is 2.37. The number of halogens is 1. The molecule has 0 bridgehead atoms. The van der Waals surface area contributed by atoms with Crippen LogP contribution in [0.2, 0.25) is 0 Å². The van der Waals surface area contributed by atoms with Crippen LogP contribution in [0.5, 0.6) is 0 Å². The third kappa shape index (κ3) is 5.85. The Morgan fingerprint density at radius 2 is 1.64 bits per heavy atom. The Morgan fingerprint density at radius 3 is 2.26 bits per heavy atom. The number of amides is 1. The van der Waals surface area contributed by atoms with E-state index in [-0.39, 0.29) is 22.8 Å². The first-order valence-corrected chi connectivity index (χ1v) is 15.2. The van der Waals surface area contributed by atoms with Crippen molar-refractivity contribution in [3.05, 3.63) is 97.4 Å². The molecule has 2 aromatic carbocycles. The van der Waals surface area contributed by atoms with E-state index in [1.807, 2.05) is 38.1 Å². The molecule has 0 spiro atoms. The molecule has 1 aromatic heterocycles. The summed E-state index contributed by atoms with van der Waals surface area (Å²) in [6.45, 7) is 9.16. The van der Waals surface area contributed by atoms with Crippen molar-refractivity contribution in [3.63, 3.8) is 0 Å². The van der Waals surface area contributed by atoms with E-state index in [1.54, 1.807) is 34.6 Å². The van der Waals surface area contributed by atoms with Gasteiger partial charge in [-0.05, 0) is 61.7 Å². The second-order valence-corrected chi connectivity index (χ2v) is 12.2. The Hall–Kier alpha value is -3.94. The van der Waals surface area contributed by atoms with Crippen molar-refractivity contribution >= 4 is 51.8 Å². The van der Waals surface area contributed by atoms with E-state index in [4.69, 9.17) is 12.2 Å². The number of hydrogen-bond acceptors (Lipinski definition) is 7. The van der Waals surface area contributed by atoms with Crippen molar-refractivity contribution in [2.75, 3.05) is 36.0 Å². The monoisotopic (exact) mass is 601 g/mol. The number of thiocarbonyl (C=S) groups is 1. The minimum absolute atomic E-state index is 0.0820. The summed E-state index contributed by atoms with van der Waals surface area (Å²) in [7, 11) is 0. The van der Waals surface area contributed by atoms with Crippen molar-refractivity contribution in [1.82, 2.24) is 9.47 Å². The Bertz CT molecular complexity index is 1650. The Balaban J connectivity index is 1.52. The fourth-order valence-electron chi connectivity index (χ4n) is 5.39. The summed E-state index contributed by atoms with van der Waals surface area (Å²) in [5.41, 5.74) is 4.06. The summed E-state index contributed by atoms with van der Waals surface area (Å²) in [6.07, 6.45) is 2.51. The number of aromatic nitrogens is 1. The summed E-state index contributed by atoms with van der Waals surface area (Å²) in [5, 5.41) is 9.95. The first kappa shape index (κ1) is 29.5. The molecule has 2 saturated heterocycles. The van der Waals surface area contributed by atoms with Gasteiger partial charge in [0.1, 0.15) is 27.6 Å². The molecule has 1 amide bonds. The standard InChI is InChI=1S/C32H32FN5O2S2/c1-4-13-37-29(36-16-14-35(15-17-36)25-11-9-24(33)10-12-25)26(22(3)27(19-34)30(37)39)18-28-31(40)38(32(41)42-28)20-23-7-5-21(2)6-8-23/h5-12,18H,4,13-17,20H2,1-3H3/b28-18+. The van der Waals surface area contributed by atoms with Crippen molar-refractivity contribution < 1.29 is 9.18 Å². The third-order valence-corrected chi connectivity index (χ3v) is 9.05. The van der Waals surface area contributed by atoms with Crippen molar-refractivity contribution in [2.24, 2.45) is 0 Å². The molecule has 42 heavy (non-hydrogen) atoms. The highest BCUT2D eigenvalue weighted by Gasteiger charge is 2.34. The number of anilines is 2.